The number of nitrogens with one attached hydrogen (secondary N) is 1. The van der Waals surface area contributed by atoms with Gasteiger partial charge in [0.15, 0.2) is 0 Å². The van der Waals surface area contributed by atoms with E-state index in [-0.39, 0.29) is 13.0 Å². The molecule has 6 nitrogen and oxygen atoms in total. The van der Waals surface area contributed by atoms with Crippen molar-refractivity contribution in [1.82, 2.24) is 14.5 Å². The maximum absolute atomic E-state index is 12.5. The van der Waals surface area contributed by atoms with Gasteiger partial charge in [0, 0.05) is 6.54 Å². The lowest BCUT2D eigenvalue weighted by Gasteiger charge is -2.32. The first-order valence-electron chi connectivity index (χ1n) is 7.44. The molecule has 1 fully saturated rings. The monoisotopic (exact) mass is 340 g/mol. The van der Waals surface area contributed by atoms with E-state index in [0.29, 0.717) is 17.1 Å². The molecule has 1 atom stereocenters. The molecule has 2 amide bonds. The molecule has 0 bridgehead atoms. The van der Waals surface area contributed by atoms with Gasteiger partial charge in [-0.05, 0) is 31.0 Å². The summed E-state index contributed by atoms with van der Waals surface area (Å²) in [7, 11) is 0. The molecule has 0 saturated carbocycles. The van der Waals surface area contributed by atoms with Gasteiger partial charge >= 0.3 is 6.18 Å². The molecule has 0 aromatic carbocycles. The normalized spacial score (nSPS) is 18.9. The first kappa shape index (κ1) is 16.3. The molecule has 0 radical (unpaired) electrons. The summed E-state index contributed by atoms with van der Waals surface area (Å²) in [5.74, 6) is -2.16. The van der Waals surface area contributed by atoms with E-state index in [1.165, 1.54) is 4.52 Å². The fraction of sp³-hybridized carbons (Fsp3) is 0.400. The zero-order valence-corrected chi connectivity index (χ0v) is 12.6. The summed E-state index contributed by atoms with van der Waals surface area (Å²) in [4.78, 5) is 25.3. The van der Waals surface area contributed by atoms with Crippen molar-refractivity contribution in [2.45, 2.75) is 19.0 Å². The van der Waals surface area contributed by atoms with Crippen LogP contribution in [0.5, 0.6) is 0 Å². The number of alkyl halides is 3. The highest BCUT2D eigenvalue weighted by atomic mass is 19.4. The molecule has 0 aliphatic carbocycles. The van der Waals surface area contributed by atoms with Crippen LogP contribution in [0, 0.1) is 5.92 Å². The highest BCUT2D eigenvalue weighted by Gasteiger charge is 2.40. The van der Waals surface area contributed by atoms with Gasteiger partial charge in [-0.3, -0.25) is 9.59 Å². The van der Waals surface area contributed by atoms with Gasteiger partial charge in [0.25, 0.3) is 0 Å². The molecule has 1 N–H and O–H groups in total. The lowest BCUT2D eigenvalue weighted by Crippen LogP contribution is -2.49. The van der Waals surface area contributed by atoms with Crippen molar-refractivity contribution < 1.29 is 22.8 Å². The number of halogens is 3. The zero-order chi connectivity index (χ0) is 17.3. The summed E-state index contributed by atoms with van der Waals surface area (Å²) in [6, 6.07) is 6.86. The Morgan fingerprint density at radius 1 is 1.33 bits per heavy atom. The van der Waals surface area contributed by atoms with Crippen molar-refractivity contribution in [3.63, 3.8) is 0 Å². The van der Waals surface area contributed by atoms with Gasteiger partial charge in [0.2, 0.25) is 11.8 Å². The molecule has 2 aromatic rings. The minimum absolute atomic E-state index is 0.0108. The third-order valence-electron chi connectivity index (χ3n) is 3.89. The van der Waals surface area contributed by atoms with Crippen LogP contribution in [-0.4, -0.2) is 45.6 Å². The first-order chi connectivity index (χ1) is 11.3. The van der Waals surface area contributed by atoms with Crippen LogP contribution in [0.4, 0.5) is 19.0 Å². The van der Waals surface area contributed by atoms with Crippen LogP contribution in [0.2, 0.25) is 0 Å². The van der Waals surface area contributed by atoms with Gasteiger partial charge in [0.1, 0.15) is 18.3 Å². The SMILES string of the molecule is O=C(Nc1cccc2ccnn12)C1CCCN(CC(F)(F)F)C1=O. The average Bonchev–Trinajstić information content (AvgIpc) is 2.97. The number of piperidine rings is 1. The fourth-order valence-electron chi connectivity index (χ4n) is 2.81. The Bertz CT molecular complexity index is 771. The van der Waals surface area contributed by atoms with Crippen LogP contribution >= 0.6 is 0 Å². The summed E-state index contributed by atoms with van der Waals surface area (Å²) >= 11 is 0. The van der Waals surface area contributed by atoms with E-state index in [1.54, 1.807) is 30.5 Å². The predicted molar refractivity (Wildman–Crippen MR) is 79.2 cm³/mol. The molecular formula is C15H15F3N4O2. The molecule has 128 valence electrons. The molecule has 1 aliphatic heterocycles. The van der Waals surface area contributed by atoms with E-state index in [1.807, 2.05) is 0 Å². The van der Waals surface area contributed by atoms with Gasteiger partial charge in [-0.15, -0.1) is 0 Å². The van der Waals surface area contributed by atoms with Crippen LogP contribution in [-0.2, 0) is 9.59 Å². The summed E-state index contributed by atoms with van der Waals surface area (Å²) in [5, 5.41) is 6.64. The average molecular weight is 340 g/mol. The van der Waals surface area contributed by atoms with Crippen LogP contribution in [0.3, 0.4) is 0 Å². The van der Waals surface area contributed by atoms with Gasteiger partial charge in [-0.1, -0.05) is 6.07 Å². The van der Waals surface area contributed by atoms with Crippen LogP contribution < -0.4 is 5.32 Å². The molecule has 1 saturated heterocycles. The third kappa shape index (κ3) is 3.34. The van der Waals surface area contributed by atoms with Crippen LogP contribution in [0.25, 0.3) is 5.52 Å². The number of rotatable bonds is 3. The van der Waals surface area contributed by atoms with E-state index in [9.17, 15) is 22.8 Å². The lowest BCUT2D eigenvalue weighted by molar-refractivity contribution is -0.167. The highest BCUT2D eigenvalue weighted by molar-refractivity contribution is 6.06. The second-order valence-corrected chi connectivity index (χ2v) is 5.64. The quantitative estimate of drug-likeness (QED) is 0.870. The summed E-state index contributed by atoms with van der Waals surface area (Å²) in [5.41, 5.74) is 0.751. The van der Waals surface area contributed by atoms with Crippen molar-refractivity contribution in [1.29, 1.82) is 0 Å². The molecule has 24 heavy (non-hydrogen) atoms. The number of anilines is 1. The Balaban J connectivity index is 1.74. The maximum atomic E-state index is 12.5. The zero-order valence-electron chi connectivity index (χ0n) is 12.6. The Morgan fingerprint density at radius 2 is 2.12 bits per heavy atom. The van der Waals surface area contributed by atoms with Crippen molar-refractivity contribution in [3.8, 4) is 0 Å². The Morgan fingerprint density at radius 3 is 2.88 bits per heavy atom. The van der Waals surface area contributed by atoms with E-state index in [4.69, 9.17) is 0 Å². The van der Waals surface area contributed by atoms with Gasteiger partial charge < -0.3 is 10.2 Å². The molecule has 0 spiro atoms. The molecule has 9 heteroatoms. The van der Waals surface area contributed by atoms with Crippen molar-refractivity contribution >= 4 is 23.1 Å². The molecule has 3 rings (SSSR count). The number of aromatic nitrogens is 2. The maximum Gasteiger partial charge on any atom is 0.406 e. The Hall–Kier alpha value is -2.58. The standard InChI is InChI=1S/C15H15F3N4O2/c16-15(17,18)9-21-8-2-4-11(14(21)24)13(23)20-12-5-1-3-10-6-7-19-22(10)12/h1,3,5-7,11H,2,4,8-9H2,(H,20,23). The topological polar surface area (TPSA) is 66.7 Å². The summed E-state index contributed by atoms with van der Waals surface area (Å²) in [6.07, 6.45) is -2.34. The number of amides is 2. The second kappa shape index (κ2) is 6.14. The lowest BCUT2D eigenvalue weighted by atomic mass is 9.96. The first-order valence-corrected chi connectivity index (χ1v) is 7.44. The number of carbonyl (C=O) groups is 2. The summed E-state index contributed by atoms with van der Waals surface area (Å²) < 4.78 is 39.0. The minimum Gasteiger partial charge on any atom is -0.333 e. The molecule has 2 aromatic heterocycles. The van der Waals surface area contributed by atoms with Gasteiger partial charge in [-0.2, -0.15) is 18.3 Å². The van der Waals surface area contributed by atoms with Crippen LogP contribution in [0.1, 0.15) is 12.8 Å². The molecular weight excluding hydrogens is 325 g/mol. The second-order valence-electron chi connectivity index (χ2n) is 5.64. The van der Waals surface area contributed by atoms with Crippen molar-refractivity contribution in [2.24, 2.45) is 5.92 Å². The van der Waals surface area contributed by atoms with Gasteiger partial charge in [-0.25, -0.2) is 4.52 Å². The molecule has 1 unspecified atom stereocenters. The van der Waals surface area contributed by atoms with Crippen molar-refractivity contribution in [3.05, 3.63) is 30.5 Å². The van der Waals surface area contributed by atoms with E-state index >= 15 is 0 Å². The Kier molecular flexibility index (Phi) is 4.16. The number of pyridine rings is 1. The number of carbonyl (C=O) groups excluding carboxylic acids is 2. The van der Waals surface area contributed by atoms with E-state index < -0.39 is 30.5 Å². The fourth-order valence-corrected chi connectivity index (χ4v) is 2.81. The van der Waals surface area contributed by atoms with Crippen LogP contribution in [0.15, 0.2) is 30.5 Å². The Labute approximate surface area is 135 Å². The van der Waals surface area contributed by atoms with Crippen molar-refractivity contribution in [2.75, 3.05) is 18.4 Å². The number of hydrogen-bond acceptors (Lipinski definition) is 3. The highest BCUT2D eigenvalue weighted by Crippen LogP contribution is 2.24. The molecule has 1 aliphatic rings. The third-order valence-corrected chi connectivity index (χ3v) is 3.89. The summed E-state index contributed by atoms with van der Waals surface area (Å²) in [6.45, 7) is -1.32. The smallest absolute Gasteiger partial charge is 0.333 e. The predicted octanol–water partition coefficient (Wildman–Crippen LogP) is 2.07. The minimum atomic E-state index is -4.48. The molecule has 3 heterocycles. The number of hydrogen-bond donors (Lipinski definition) is 1. The number of fused-ring (bicyclic) bond motifs is 1. The van der Waals surface area contributed by atoms with Gasteiger partial charge in [0.05, 0.1) is 11.7 Å². The number of nitrogens with zero attached hydrogens (tertiary/aromatic N) is 3. The largest absolute Gasteiger partial charge is 0.406 e. The van der Waals surface area contributed by atoms with E-state index in [2.05, 4.69) is 10.4 Å². The van der Waals surface area contributed by atoms with E-state index in [0.717, 1.165) is 5.52 Å². The number of likely N-dealkylation sites (tertiary alicyclic amines) is 1.